The van der Waals surface area contributed by atoms with Gasteiger partial charge in [0, 0.05) is 6.07 Å². The van der Waals surface area contributed by atoms with Gasteiger partial charge >= 0.3 is 0 Å². The summed E-state index contributed by atoms with van der Waals surface area (Å²) in [5.74, 6) is 5.59. The molecule has 0 saturated heterocycles. The number of rotatable bonds is 2. The van der Waals surface area contributed by atoms with E-state index in [2.05, 4.69) is 17.2 Å². The molecule has 0 aliphatic heterocycles. The van der Waals surface area contributed by atoms with Gasteiger partial charge in [0.15, 0.2) is 0 Å². The molecule has 15 heavy (non-hydrogen) atoms. The number of hydrogen-bond donors (Lipinski definition) is 1. The lowest BCUT2D eigenvalue weighted by Crippen LogP contribution is -2.04. The van der Waals surface area contributed by atoms with E-state index >= 15 is 0 Å². The standard InChI is InChI=1S/C11H12N2O2/c1-9-5-6-11(13(14)15)10(8-9)4-3-7-12-2/h5-6,8,12H,7H2,1-2H3. The quantitative estimate of drug-likeness (QED) is 0.451. The highest BCUT2D eigenvalue weighted by Crippen LogP contribution is 2.18. The highest BCUT2D eigenvalue weighted by atomic mass is 16.6. The summed E-state index contributed by atoms with van der Waals surface area (Å²) in [4.78, 5) is 10.3. The van der Waals surface area contributed by atoms with E-state index in [4.69, 9.17) is 0 Å². The zero-order chi connectivity index (χ0) is 11.3. The molecule has 1 rings (SSSR count). The zero-order valence-electron chi connectivity index (χ0n) is 8.70. The first kappa shape index (κ1) is 11.2. The predicted octanol–water partition coefficient (Wildman–Crippen LogP) is 1.47. The van der Waals surface area contributed by atoms with E-state index in [1.807, 2.05) is 6.92 Å². The molecule has 0 aliphatic carbocycles. The highest BCUT2D eigenvalue weighted by Gasteiger charge is 2.10. The number of benzene rings is 1. The lowest BCUT2D eigenvalue weighted by molar-refractivity contribution is -0.385. The van der Waals surface area contributed by atoms with Gasteiger partial charge in [-0.1, -0.05) is 17.9 Å². The van der Waals surface area contributed by atoms with Gasteiger partial charge in [0.05, 0.1) is 11.5 Å². The smallest absolute Gasteiger partial charge is 0.284 e. The van der Waals surface area contributed by atoms with E-state index in [1.54, 1.807) is 19.2 Å². The number of nitro groups is 1. The molecule has 4 nitrogen and oxygen atoms in total. The molecule has 1 N–H and O–H groups in total. The maximum Gasteiger partial charge on any atom is 0.284 e. The van der Waals surface area contributed by atoms with Gasteiger partial charge in [-0.25, -0.2) is 0 Å². The van der Waals surface area contributed by atoms with Crippen LogP contribution in [-0.2, 0) is 0 Å². The third-order valence-electron chi connectivity index (χ3n) is 1.84. The maximum atomic E-state index is 10.7. The van der Waals surface area contributed by atoms with Gasteiger partial charge in [0.2, 0.25) is 0 Å². The molecular weight excluding hydrogens is 192 g/mol. The fourth-order valence-electron chi connectivity index (χ4n) is 1.14. The van der Waals surface area contributed by atoms with Crippen LogP contribution in [0.2, 0.25) is 0 Å². The summed E-state index contributed by atoms with van der Waals surface area (Å²) in [5, 5.41) is 13.5. The summed E-state index contributed by atoms with van der Waals surface area (Å²) in [7, 11) is 1.78. The lowest BCUT2D eigenvalue weighted by Gasteiger charge is -1.96. The van der Waals surface area contributed by atoms with Crippen LogP contribution in [0, 0.1) is 28.9 Å². The number of hydrogen-bond acceptors (Lipinski definition) is 3. The van der Waals surface area contributed by atoms with Crippen LogP contribution in [0.25, 0.3) is 0 Å². The Morgan fingerprint density at radius 1 is 1.53 bits per heavy atom. The summed E-state index contributed by atoms with van der Waals surface area (Å²) >= 11 is 0. The molecule has 1 aromatic rings. The third-order valence-corrected chi connectivity index (χ3v) is 1.84. The van der Waals surface area contributed by atoms with Crippen LogP contribution in [0.4, 0.5) is 5.69 Å². The van der Waals surface area contributed by atoms with Crippen LogP contribution in [0.5, 0.6) is 0 Å². The molecule has 0 fully saturated rings. The number of nitrogens with one attached hydrogen (secondary N) is 1. The zero-order valence-corrected chi connectivity index (χ0v) is 8.70. The van der Waals surface area contributed by atoms with Crippen LogP contribution < -0.4 is 5.32 Å². The summed E-state index contributed by atoms with van der Waals surface area (Å²) in [6.45, 7) is 2.40. The minimum atomic E-state index is -0.414. The Balaban J connectivity index is 3.09. The van der Waals surface area contributed by atoms with Crippen molar-refractivity contribution in [3.8, 4) is 11.8 Å². The van der Waals surface area contributed by atoms with Gasteiger partial charge in [-0.05, 0) is 25.6 Å². The Labute approximate surface area is 88.5 Å². The van der Waals surface area contributed by atoms with E-state index in [1.165, 1.54) is 6.07 Å². The van der Waals surface area contributed by atoms with Crippen molar-refractivity contribution in [2.75, 3.05) is 13.6 Å². The van der Waals surface area contributed by atoms with Crippen molar-refractivity contribution in [1.82, 2.24) is 5.32 Å². The molecule has 0 spiro atoms. The topological polar surface area (TPSA) is 55.2 Å². The van der Waals surface area contributed by atoms with Crippen molar-refractivity contribution in [3.63, 3.8) is 0 Å². The van der Waals surface area contributed by atoms with Crippen LogP contribution in [0.3, 0.4) is 0 Å². The molecule has 0 unspecified atom stereocenters. The van der Waals surface area contributed by atoms with Crippen molar-refractivity contribution in [2.24, 2.45) is 0 Å². The molecule has 0 amide bonds. The molecule has 0 aliphatic rings. The number of nitro benzene ring substituents is 1. The molecule has 0 saturated carbocycles. The molecule has 0 radical (unpaired) electrons. The van der Waals surface area contributed by atoms with Crippen LogP contribution in [-0.4, -0.2) is 18.5 Å². The van der Waals surface area contributed by atoms with Crippen LogP contribution in [0.15, 0.2) is 18.2 Å². The number of nitrogens with zero attached hydrogens (tertiary/aromatic N) is 1. The minimum Gasteiger partial charge on any atom is -0.309 e. The Morgan fingerprint density at radius 3 is 2.87 bits per heavy atom. The fraction of sp³-hybridized carbons (Fsp3) is 0.273. The van der Waals surface area contributed by atoms with Crippen molar-refractivity contribution >= 4 is 5.69 Å². The monoisotopic (exact) mass is 204 g/mol. The molecule has 78 valence electrons. The molecule has 4 heteroatoms. The normalized spacial score (nSPS) is 9.20. The van der Waals surface area contributed by atoms with E-state index in [-0.39, 0.29) is 5.69 Å². The summed E-state index contributed by atoms with van der Waals surface area (Å²) in [6.07, 6.45) is 0. The summed E-state index contributed by atoms with van der Waals surface area (Å²) < 4.78 is 0. The predicted molar refractivity (Wildman–Crippen MR) is 58.6 cm³/mol. The molecule has 0 heterocycles. The second kappa shape index (κ2) is 5.13. The van der Waals surface area contributed by atoms with Crippen molar-refractivity contribution in [1.29, 1.82) is 0 Å². The average molecular weight is 204 g/mol. The van der Waals surface area contributed by atoms with Crippen LogP contribution >= 0.6 is 0 Å². The molecular formula is C11H12N2O2. The van der Waals surface area contributed by atoms with Crippen LogP contribution in [0.1, 0.15) is 11.1 Å². The third kappa shape index (κ3) is 3.08. The van der Waals surface area contributed by atoms with Gasteiger partial charge in [-0.3, -0.25) is 10.1 Å². The highest BCUT2D eigenvalue weighted by molar-refractivity contribution is 5.52. The maximum absolute atomic E-state index is 10.7. The van der Waals surface area contributed by atoms with Gasteiger partial charge < -0.3 is 5.32 Å². The van der Waals surface area contributed by atoms with E-state index < -0.39 is 4.92 Å². The van der Waals surface area contributed by atoms with E-state index in [9.17, 15) is 10.1 Å². The van der Waals surface area contributed by atoms with Gasteiger partial charge in [-0.15, -0.1) is 0 Å². The fourth-order valence-corrected chi connectivity index (χ4v) is 1.14. The molecule has 1 aromatic carbocycles. The van der Waals surface area contributed by atoms with Crippen molar-refractivity contribution in [3.05, 3.63) is 39.4 Å². The van der Waals surface area contributed by atoms with Gasteiger partial charge in [0.25, 0.3) is 5.69 Å². The van der Waals surface area contributed by atoms with E-state index in [0.29, 0.717) is 12.1 Å². The lowest BCUT2D eigenvalue weighted by atomic mass is 10.1. The molecule has 0 bridgehead atoms. The second-order valence-corrected chi connectivity index (χ2v) is 3.11. The summed E-state index contributed by atoms with van der Waals surface area (Å²) in [5.41, 5.74) is 1.49. The Bertz CT molecular complexity index is 430. The van der Waals surface area contributed by atoms with Gasteiger partial charge in [-0.2, -0.15) is 0 Å². The Kier molecular flexibility index (Phi) is 3.83. The SMILES string of the molecule is CNCC#Cc1cc(C)ccc1[N+](=O)[O-]. The summed E-state index contributed by atoms with van der Waals surface area (Å²) in [6, 6.07) is 4.92. The second-order valence-electron chi connectivity index (χ2n) is 3.11. The minimum absolute atomic E-state index is 0.0594. The first-order valence-electron chi connectivity index (χ1n) is 4.53. The first-order chi connectivity index (χ1) is 7.15. The van der Waals surface area contributed by atoms with Crippen molar-refractivity contribution < 1.29 is 4.92 Å². The average Bonchev–Trinajstić information content (AvgIpc) is 2.18. The van der Waals surface area contributed by atoms with E-state index in [0.717, 1.165) is 5.56 Å². The molecule has 0 atom stereocenters. The Hall–Kier alpha value is -1.86. The van der Waals surface area contributed by atoms with Crippen molar-refractivity contribution in [2.45, 2.75) is 6.92 Å². The Morgan fingerprint density at radius 2 is 2.27 bits per heavy atom. The largest absolute Gasteiger partial charge is 0.309 e. The first-order valence-corrected chi connectivity index (χ1v) is 4.53. The van der Waals surface area contributed by atoms with Gasteiger partial charge in [0.1, 0.15) is 5.56 Å². The molecule has 0 aromatic heterocycles. The number of aryl methyl sites for hydroxylation is 1.